The van der Waals surface area contributed by atoms with Gasteiger partial charge in [-0.3, -0.25) is 0 Å². The van der Waals surface area contributed by atoms with Crippen molar-refractivity contribution in [1.82, 2.24) is 0 Å². The Balaban J connectivity index is 1.88. The Hall–Kier alpha value is -1.63. The number of hydrogen-bond acceptors (Lipinski definition) is 0. The second-order valence-electron chi connectivity index (χ2n) is 5.45. The van der Waals surface area contributed by atoms with Crippen LogP contribution in [0, 0.1) is 11.7 Å². The molecule has 98 valence electrons. The molecule has 0 spiro atoms. The van der Waals surface area contributed by atoms with Crippen LogP contribution in [0.2, 0.25) is 0 Å². The molecule has 0 amide bonds. The topological polar surface area (TPSA) is 0 Å². The number of halogens is 1. The maximum absolute atomic E-state index is 13.7. The zero-order valence-corrected chi connectivity index (χ0v) is 11.3. The Labute approximate surface area is 114 Å². The van der Waals surface area contributed by atoms with E-state index in [-0.39, 0.29) is 5.82 Å². The molecule has 1 unspecified atom stereocenters. The van der Waals surface area contributed by atoms with Crippen LogP contribution in [0.3, 0.4) is 0 Å². The molecule has 0 bridgehead atoms. The van der Waals surface area contributed by atoms with Crippen LogP contribution in [0.1, 0.15) is 37.7 Å². The van der Waals surface area contributed by atoms with Gasteiger partial charge in [-0.05, 0) is 48.3 Å². The van der Waals surface area contributed by atoms with Gasteiger partial charge >= 0.3 is 0 Å². The molecule has 0 aliphatic heterocycles. The monoisotopic (exact) mass is 254 g/mol. The van der Waals surface area contributed by atoms with Crippen molar-refractivity contribution in [2.24, 2.45) is 5.92 Å². The lowest BCUT2D eigenvalue weighted by atomic mass is 9.90. The SMILES string of the molecule is CCC(c1ccc(-c2ccccc2F)cc1)C1CC1. The van der Waals surface area contributed by atoms with E-state index in [2.05, 4.69) is 31.2 Å². The van der Waals surface area contributed by atoms with Gasteiger partial charge < -0.3 is 0 Å². The van der Waals surface area contributed by atoms with Crippen LogP contribution in [-0.4, -0.2) is 0 Å². The van der Waals surface area contributed by atoms with Gasteiger partial charge in [-0.25, -0.2) is 4.39 Å². The predicted molar refractivity (Wildman–Crippen MR) is 77.6 cm³/mol. The lowest BCUT2D eigenvalue weighted by molar-refractivity contribution is 0.587. The molecule has 19 heavy (non-hydrogen) atoms. The lowest BCUT2D eigenvalue weighted by Gasteiger charge is -2.15. The van der Waals surface area contributed by atoms with Gasteiger partial charge in [-0.1, -0.05) is 49.4 Å². The number of benzene rings is 2. The highest BCUT2D eigenvalue weighted by Gasteiger charge is 2.30. The molecule has 1 saturated carbocycles. The smallest absolute Gasteiger partial charge is 0.131 e. The third-order valence-corrected chi connectivity index (χ3v) is 4.15. The number of hydrogen-bond donors (Lipinski definition) is 0. The first kappa shape index (κ1) is 12.4. The summed E-state index contributed by atoms with van der Waals surface area (Å²) in [5.74, 6) is 1.42. The average molecular weight is 254 g/mol. The maximum Gasteiger partial charge on any atom is 0.131 e. The van der Waals surface area contributed by atoms with E-state index in [1.54, 1.807) is 6.07 Å². The van der Waals surface area contributed by atoms with Crippen LogP contribution in [0.4, 0.5) is 4.39 Å². The fraction of sp³-hybridized carbons (Fsp3) is 0.333. The van der Waals surface area contributed by atoms with Gasteiger partial charge in [0, 0.05) is 5.56 Å². The highest BCUT2D eigenvalue weighted by molar-refractivity contribution is 5.64. The Morgan fingerprint density at radius 1 is 1.05 bits per heavy atom. The third kappa shape index (κ3) is 2.56. The van der Waals surface area contributed by atoms with E-state index >= 15 is 0 Å². The van der Waals surface area contributed by atoms with Crippen molar-refractivity contribution in [3.8, 4) is 11.1 Å². The molecule has 0 heterocycles. The molecule has 3 rings (SSSR count). The van der Waals surface area contributed by atoms with Crippen molar-refractivity contribution in [3.63, 3.8) is 0 Å². The summed E-state index contributed by atoms with van der Waals surface area (Å²) in [5.41, 5.74) is 3.06. The summed E-state index contributed by atoms with van der Waals surface area (Å²) in [4.78, 5) is 0. The molecular weight excluding hydrogens is 235 g/mol. The van der Waals surface area contributed by atoms with Crippen molar-refractivity contribution in [2.45, 2.75) is 32.1 Å². The molecule has 0 N–H and O–H groups in total. The molecule has 2 aromatic rings. The van der Waals surface area contributed by atoms with E-state index in [9.17, 15) is 4.39 Å². The molecule has 1 atom stereocenters. The predicted octanol–water partition coefficient (Wildman–Crippen LogP) is 5.40. The quantitative estimate of drug-likeness (QED) is 0.685. The molecule has 1 fully saturated rings. The third-order valence-electron chi connectivity index (χ3n) is 4.15. The van der Waals surface area contributed by atoms with Gasteiger partial charge in [0.15, 0.2) is 0 Å². The van der Waals surface area contributed by atoms with Crippen molar-refractivity contribution < 1.29 is 4.39 Å². The molecular formula is C18H19F. The van der Waals surface area contributed by atoms with E-state index in [1.165, 1.54) is 30.9 Å². The minimum atomic E-state index is -0.149. The molecule has 0 saturated heterocycles. The average Bonchev–Trinajstić information content (AvgIpc) is 3.26. The normalized spacial score (nSPS) is 16.3. The van der Waals surface area contributed by atoms with E-state index in [4.69, 9.17) is 0 Å². The molecule has 2 aromatic carbocycles. The Morgan fingerprint density at radius 3 is 2.32 bits per heavy atom. The zero-order valence-electron chi connectivity index (χ0n) is 11.3. The van der Waals surface area contributed by atoms with Gasteiger partial charge in [0.05, 0.1) is 0 Å². The molecule has 1 heteroatoms. The zero-order chi connectivity index (χ0) is 13.2. The van der Waals surface area contributed by atoms with Crippen molar-refractivity contribution in [1.29, 1.82) is 0 Å². The van der Waals surface area contributed by atoms with E-state index in [0.717, 1.165) is 11.5 Å². The summed E-state index contributed by atoms with van der Waals surface area (Å²) in [5, 5.41) is 0. The summed E-state index contributed by atoms with van der Waals surface area (Å²) in [6, 6.07) is 15.4. The van der Waals surface area contributed by atoms with Gasteiger partial charge in [0.25, 0.3) is 0 Å². The molecule has 0 aromatic heterocycles. The van der Waals surface area contributed by atoms with Gasteiger partial charge in [-0.2, -0.15) is 0 Å². The van der Waals surface area contributed by atoms with Crippen LogP contribution in [0.15, 0.2) is 48.5 Å². The van der Waals surface area contributed by atoms with Gasteiger partial charge in [-0.15, -0.1) is 0 Å². The Bertz CT molecular complexity index is 552. The summed E-state index contributed by atoms with van der Waals surface area (Å²) >= 11 is 0. The summed E-state index contributed by atoms with van der Waals surface area (Å²) in [6.45, 7) is 2.26. The first-order chi connectivity index (χ1) is 9.29. The standard InChI is InChI=1S/C18H19F/c1-2-16(13-7-8-13)14-9-11-15(12-10-14)17-5-3-4-6-18(17)19/h3-6,9-13,16H,2,7-8H2,1H3. The largest absolute Gasteiger partial charge is 0.206 e. The maximum atomic E-state index is 13.7. The minimum Gasteiger partial charge on any atom is -0.206 e. The Kier molecular flexibility index (Phi) is 3.37. The summed E-state index contributed by atoms with van der Waals surface area (Å²) in [7, 11) is 0. The Morgan fingerprint density at radius 2 is 1.74 bits per heavy atom. The number of rotatable bonds is 4. The van der Waals surface area contributed by atoms with Crippen LogP contribution in [0.5, 0.6) is 0 Å². The van der Waals surface area contributed by atoms with Crippen molar-refractivity contribution in [2.75, 3.05) is 0 Å². The molecule has 0 radical (unpaired) electrons. The minimum absolute atomic E-state index is 0.149. The highest BCUT2D eigenvalue weighted by atomic mass is 19.1. The molecule has 1 aliphatic carbocycles. The first-order valence-corrected chi connectivity index (χ1v) is 7.14. The van der Waals surface area contributed by atoms with Gasteiger partial charge in [0.1, 0.15) is 5.82 Å². The first-order valence-electron chi connectivity index (χ1n) is 7.14. The lowest BCUT2D eigenvalue weighted by Crippen LogP contribution is -1.99. The van der Waals surface area contributed by atoms with Gasteiger partial charge in [0.2, 0.25) is 0 Å². The van der Waals surface area contributed by atoms with E-state index in [0.29, 0.717) is 11.5 Å². The van der Waals surface area contributed by atoms with Crippen LogP contribution >= 0.6 is 0 Å². The van der Waals surface area contributed by atoms with Crippen molar-refractivity contribution >= 4 is 0 Å². The molecule has 1 aliphatic rings. The summed E-state index contributed by atoms with van der Waals surface area (Å²) in [6.07, 6.45) is 3.94. The van der Waals surface area contributed by atoms with E-state index in [1.807, 2.05) is 12.1 Å². The molecule has 0 nitrogen and oxygen atoms in total. The van der Waals surface area contributed by atoms with E-state index < -0.39 is 0 Å². The fourth-order valence-corrected chi connectivity index (χ4v) is 2.94. The second kappa shape index (κ2) is 5.16. The second-order valence-corrected chi connectivity index (χ2v) is 5.45. The fourth-order valence-electron chi connectivity index (χ4n) is 2.94. The van der Waals surface area contributed by atoms with Crippen LogP contribution < -0.4 is 0 Å². The summed E-state index contributed by atoms with van der Waals surface area (Å²) < 4.78 is 13.7. The highest BCUT2D eigenvalue weighted by Crippen LogP contribution is 2.44. The van der Waals surface area contributed by atoms with Crippen LogP contribution in [-0.2, 0) is 0 Å². The van der Waals surface area contributed by atoms with Crippen molar-refractivity contribution in [3.05, 3.63) is 59.9 Å². The van der Waals surface area contributed by atoms with Crippen LogP contribution in [0.25, 0.3) is 11.1 Å².